The third-order valence-electron chi connectivity index (χ3n) is 4.76. The van der Waals surface area contributed by atoms with Gasteiger partial charge in [0, 0.05) is 11.1 Å². The van der Waals surface area contributed by atoms with Gasteiger partial charge in [0.15, 0.2) is 5.82 Å². The highest BCUT2D eigenvalue weighted by Gasteiger charge is 2.14. The first-order chi connectivity index (χ1) is 14.7. The van der Waals surface area contributed by atoms with Crippen molar-refractivity contribution in [2.75, 3.05) is 6.61 Å². The Bertz CT molecular complexity index is 1270. The second kappa shape index (κ2) is 9.41. The van der Waals surface area contributed by atoms with E-state index in [4.69, 9.17) is 16.3 Å². The van der Waals surface area contributed by atoms with E-state index in [0.717, 1.165) is 24.2 Å². The van der Waals surface area contributed by atoms with Crippen LogP contribution in [0.1, 0.15) is 38.2 Å². The summed E-state index contributed by atoms with van der Waals surface area (Å²) in [6.45, 7) is 2.86. The van der Waals surface area contributed by atoms with E-state index in [-0.39, 0.29) is 5.56 Å². The van der Waals surface area contributed by atoms with Crippen LogP contribution in [0.3, 0.4) is 0 Å². The number of hydrogen-bond acceptors (Lipinski definition) is 5. The molecule has 0 N–H and O–H groups in total. The zero-order chi connectivity index (χ0) is 20.9. The molecule has 0 fully saturated rings. The average Bonchev–Trinajstić information content (AvgIpc) is 3.29. The van der Waals surface area contributed by atoms with E-state index >= 15 is 0 Å². The molecule has 154 valence electrons. The van der Waals surface area contributed by atoms with Crippen molar-refractivity contribution in [1.82, 2.24) is 14.6 Å². The van der Waals surface area contributed by atoms with E-state index in [0.29, 0.717) is 32.5 Å². The average molecular weight is 440 g/mol. The molecule has 0 amide bonds. The van der Waals surface area contributed by atoms with Gasteiger partial charge in [-0.3, -0.25) is 4.79 Å². The van der Waals surface area contributed by atoms with Gasteiger partial charge in [-0.05, 0) is 30.7 Å². The number of nitrogens with zero attached hydrogens (tertiary/aromatic N) is 3. The van der Waals surface area contributed by atoms with Crippen molar-refractivity contribution >= 4 is 34.0 Å². The van der Waals surface area contributed by atoms with E-state index in [1.165, 1.54) is 28.7 Å². The second-order valence-electron chi connectivity index (χ2n) is 6.97. The van der Waals surface area contributed by atoms with Crippen molar-refractivity contribution in [3.8, 4) is 17.1 Å². The largest absolute Gasteiger partial charge is 0.493 e. The molecule has 2 aromatic carbocycles. The molecule has 0 unspecified atom stereocenters. The lowest BCUT2D eigenvalue weighted by atomic mass is 10.2. The van der Waals surface area contributed by atoms with Crippen molar-refractivity contribution in [3.05, 3.63) is 74.0 Å². The fourth-order valence-corrected chi connectivity index (χ4v) is 4.29. The maximum atomic E-state index is 12.9. The Kier molecular flexibility index (Phi) is 6.45. The van der Waals surface area contributed by atoms with Crippen LogP contribution in [0.2, 0.25) is 5.02 Å². The third-order valence-corrected chi connectivity index (χ3v) is 6.05. The van der Waals surface area contributed by atoms with Crippen molar-refractivity contribution in [2.45, 2.75) is 32.6 Å². The van der Waals surface area contributed by atoms with Crippen molar-refractivity contribution < 1.29 is 4.74 Å². The standard InChI is InChI=1S/C23H22ClN3O2S/c1-2-3-4-9-14-29-19-13-8-5-10-16(19)15-20-22(28)27-23(30-20)25-21(26-27)17-11-6-7-12-18(17)24/h5-8,10-13,15H,2-4,9,14H2,1H3/b20-15+. The first kappa shape index (κ1) is 20.6. The minimum absolute atomic E-state index is 0.196. The number of aromatic nitrogens is 3. The van der Waals surface area contributed by atoms with Crippen LogP contribution < -0.4 is 14.8 Å². The first-order valence-electron chi connectivity index (χ1n) is 10.1. The minimum Gasteiger partial charge on any atom is -0.493 e. The van der Waals surface area contributed by atoms with Crippen LogP contribution >= 0.6 is 22.9 Å². The Morgan fingerprint density at radius 3 is 2.70 bits per heavy atom. The predicted octanol–water partition coefficient (Wildman–Crippen LogP) is 4.98. The Morgan fingerprint density at radius 1 is 1.10 bits per heavy atom. The summed E-state index contributed by atoms with van der Waals surface area (Å²) in [5.41, 5.74) is 1.39. The quantitative estimate of drug-likeness (QED) is 0.363. The molecule has 0 radical (unpaired) electrons. The number of fused-ring (bicyclic) bond motifs is 1. The summed E-state index contributed by atoms with van der Waals surface area (Å²) >= 11 is 7.54. The Balaban J connectivity index is 1.63. The van der Waals surface area contributed by atoms with Gasteiger partial charge in [0.1, 0.15) is 5.75 Å². The van der Waals surface area contributed by atoms with Crippen LogP contribution in [0.25, 0.3) is 22.4 Å². The maximum absolute atomic E-state index is 12.9. The molecule has 0 saturated carbocycles. The molecule has 0 aliphatic rings. The molecule has 7 heteroatoms. The Hall–Kier alpha value is -2.70. The van der Waals surface area contributed by atoms with Gasteiger partial charge in [-0.15, -0.1) is 5.10 Å². The second-order valence-corrected chi connectivity index (χ2v) is 8.39. The van der Waals surface area contributed by atoms with Crippen LogP contribution in [-0.2, 0) is 0 Å². The maximum Gasteiger partial charge on any atom is 0.291 e. The molecule has 30 heavy (non-hydrogen) atoms. The Morgan fingerprint density at radius 2 is 1.90 bits per heavy atom. The lowest BCUT2D eigenvalue weighted by Crippen LogP contribution is -2.23. The summed E-state index contributed by atoms with van der Waals surface area (Å²) in [6.07, 6.45) is 6.45. The number of unbranched alkanes of at least 4 members (excludes halogenated alkanes) is 3. The fourth-order valence-electron chi connectivity index (χ4n) is 3.17. The summed E-state index contributed by atoms with van der Waals surface area (Å²) in [7, 11) is 0. The molecule has 0 atom stereocenters. The predicted molar refractivity (Wildman–Crippen MR) is 122 cm³/mol. The molecule has 2 aromatic heterocycles. The number of benzene rings is 2. The van der Waals surface area contributed by atoms with Gasteiger partial charge in [-0.2, -0.15) is 9.50 Å². The normalized spacial score (nSPS) is 12.0. The topological polar surface area (TPSA) is 56.5 Å². The zero-order valence-electron chi connectivity index (χ0n) is 16.7. The van der Waals surface area contributed by atoms with E-state index in [1.54, 1.807) is 6.07 Å². The van der Waals surface area contributed by atoms with Gasteiger partial charge < -0.3 is 4.74 Å². The fraction of sp³-hybridized carbons (Fsp3) is 0.261. The molecule has 0 saturated heterocycles. The number of para-hydroxylation sites is 1. The van der Waals surface area contributed by atoms with Crippen LogP contribution in [0.4, 0.5) is 0 Å². The van der Waals surface area contributed by atoms with Gasteiger partial charge in [0.05, 0.1) is 16.2 Å². The number of halogens is 1. The van der Waals surface area contributed by atoms with E-state index < -0.39 is 0 Å². The minimum atomic E-state index is -0.196. The van der Waals surface area contributed by atoms with Crippen LogP contribution in [-0.4, -0.2) is 21.2 Å². The zero-order valence-corrected chi connectivity index (χ0v) is 18.2. The van der Waals surface area contributed by atoms with Gasteiger partial charge in [0.25, 0.3) is 5.56 Å². The van der Waals surface area contributed by atoms with Gasteiger partial charge in [-0.25, -0.2) is 0 Å². The van der Waals surface area contributed by atoms with Crippen LogP contribution in [0.5, 0.6) is 5.75 Å². The number of ether oxygens (including phenoxy) is 1. The number of rotatable bonds is 8. The van der Waals surface area contributed by atoms with E-state index in [2.05, 4.69) is 17.0 Å². The Labute approximate surface area is 183 Å². The molecule has 0 bridgehead atoms. The molecule has 5 nitrogen and oxygen atoms in total. The highest BCUT2D eigenvalue weighted by Crippen LogP contribution is 2.25. The molecule has 0 aliphatic carbocycles. The lowest BCUT2D eigenvalue weighted by molar-refractivity contribution is 0.304. The monoisotopic (exact) mass is 439 g/mol. The van der Waals surface area contributed by atoms with Gasteiger partial charge >= 0.3 is 0 Å². The molecule has 0 aliphatic heterocycles. The van der Waals surface area contributed by atoms with Gasteiger partial charge in [0.2, 0.25) is 4.96 Å². The summed E-state index contributed by atoms with van der Waals surface area (Å²) in [5.74, 6) is 1.23. The third kappa shape index (κ3) is 4.40. The van der Waals surface area contributed by atoms with Crippen molar-refractivity contribution in [3.63, 3.8) is 0 Å². The number of thiazole rings is 1. The molecular formula is C23H22ClN3O2S. The molecule has 4 rings (SSSR count). The van der Waals surface area contributed by atoms with Crippen LogP contribution in [0.15, 0.2) is 53.3 Å². The van der Waals surface area contributed by atoms with Crippen molar-refractivity contribution in [2.24, 2.45) is 0 Å². The SMILES string of the molecule is CCCCCCOc1ccccc1/C=c1/sc2nc(-c3ccccc3Cl)nn2c1=O. The lowest BCUT2D eigenvalue weighted by Gasteiger charge is -2.08. The summed E-state index contributed by atoms with van der Waals surface area (Å²) in [6, 6.07) is 15.1. The van der Waals surface area contributed by atoms with Crippen LogP contribution in [0, 0.1) is 0 Å². The van der Waals surface area contributed by atoms with E-state index in [9.17, 15) is 4.79 Å². The smallest absolute Gasteiger partial charge is 0.291 e. The highest BCUT2D eigenvalue weighted by molar-refractivity contribution is 7.15. The summed E-state index contributed by atoms with van der Waals surface area (Å²) in [5, 5.41) is 4.93. The molecule has 4 aromatic rings. The molecule has 0 spiro atoms. The molecular weight excluding hydrogens is 418 g/mol. The summed E-state index contributed by atoms with van der Waals surface area (Å²) < 4.78 is 7.86. The molecule has 2 heterocycles. The first-order valence-corrected chi connectivity index (χ1v) is 11.2. The summed E-state index contributed by atoms with van der Waals surface area (Å²) in [4.78, 5) is 17.9. The van der Waals surface area contributed by atoms with Crippen molar-refractivity contribution in [1.29, 1.82) is 0 Å². The van der Waals surface area contributed by atoms with E-state index in [1.807, 2.05) is 48.5 Å². The van der Waals surface area contributed by atoms with Gasteiger partial charge in [-0.1, -0.05) is 79.5 Å². The number of hydrogen-bond donors (Lipinski definition) is 0. The highest BCUT2D eigenvalue weighted by atomic mass is 35.5.